The first-order chi connectivity index (χ1) is 24.2. The third kappa shape index (κ3) is 10.5. The maximum Gasteiger partial charge on any atom is 0.315 e. The molecule has 53 heavy (non-hydrogen) atoms. The summed E-state index contributed by atoms with van der Waals surface area (Å²) < 4.78 is 33.2. The van der Waals surface area contributed by atoms with Crippen LogP contribution in [0.25, 0.3) is 0 Å². The summed E-state index contributed by atoms with van der Waals surface area (Å²) in [6.45, 7) is 16.8. The van der Waals surface area contributed by atoms with Crippen LogP contribution in [0.5, 0.6) is 0 Å². The molecule has 0 aromatic rings. The third-order valence-corrected chi connectivity index (χ3v) is 13.0. The van der Waals surface area contributed by atoms with E-state index in [9.17, 15) is 37.5 Å². The number of hydrogen-bond donors (Lipinski definition) is 5. The summed E-state index contributed by atoms with van der Waals surface area (Å²) in [5.74, 6) is -3.01. The number of amides is 5. The minimum Gasteiger partial charge on any atom is -0.384 e. The van der Waals surface area contributed by atoms with Gasteiger partial charge in [-0.3, -0.25) is 19.2 Å². The second-order valence-corrected chi connectivity index (χ2v) is 20.3. The maximum atomic E-state index is 14.7. The van der Waals surface area contributed by atoms with Gasteiger partial charge in [0.05, 0.1) is 19.3 Å². The molecule has 3 rings (SSSR count). The third-order valence-electron chi connectivity index (χ3n) is 11.2. The number of likely N-dealkylation sites (N-methyl/N-ethyl adjacent to an activating group) is 1. The van der Waals surface area contributed by atoms with Crippen molar-refractivity contribution in [3.8, 4) is 0 Å². The zero-order chi connectivity index (χ0) is 40.5. The van der Waals surface area contributed by atoms with Crippen LogP contribution in [0.1, 0.15) is 94.4 Å². The molecule has 3 fully saturated rings. The number of carbonyl (C=O) groups excluding carboxylic acids is 5. The lowest BCUT2D eigenvalue weighted by Gasteiger charge is -2.51. The zero-order valence-corrected chi connectivity index (χ0v) is 34.6. The van der Waals surface area contributed by atoms with Crippen LogP contribution in [-0.4, -0.2) is 140 Å². The molecule has 5 amide bonds. The predicted octanol–water partition coefficient (Wildman–Crippen LogP) is 0.990. The molecule has 0 aromatic carbocycles. The number of Topliss-reactive ketones (excluding diaryl/α,β-unsaturated/α-hetero) is 1. The highest BCUT2D eigenvalue weighted by molar-refractivity contribution is 7.86. The van der Waals surface area contributed by atoms with E-state index in [0.29, 0.717) is 6.42 Å². The Bertz CT molecular complexity index is 1480. The number of ketones is 1. The quantitative estimate of drug-likeness (QED) is 0.142. The largest absolute Gasteiger partial charge is 0.384 e. The minimum atomic E-state index is -3.78. The van der Waals surface area contributed by atoms with Gasteiger partial charge in [-0.25, -0.2) is 4.79 Å². The van der Waals surface area contributed by atoms with Crippen molar-refractivity contribution in [1.29, 1.82) is 0 Å². The summed E-state index contributed by atoms with van der Waals surface area (Å²) in [7, 11) is 0.489. The highest BCUT2D eigenvalue weighted by Crippen LogP contribution is 2.48. The lowest BCUT2D eigenvalue weighted by atomic mass is 9.64. The van der Waals surface area contributed by atoms with E-state index >= 15 is 0 Å². The highest BCUT2D eigenvalue weighted by atomic mass is 32.2. The van der Waals surface area contributed by atoms with Crippen LogP contribution < -0.4 is 21.3 Å². The topological polar surface area (TPSA) is 207 Å². The molecule has 304 valence electrons. The van der Waals surface area contributed by atoms with Crippen LogP contribution in [0.3, 0.4) is 0 Å². The second-order valence-electron chi connectivity index (χ2n) is 18.1. The molecule has 17 heteroatoms. The van der Waals surface area contributed by atoms with Crippen LogP contribution in [0.15, 0.2) is 0 Å². The van der Waals surface area contributed by atoms with E-state index in [1.54, 1.807) is 20.8 Å². The fraction of sp³-hybridized carbons (Fsp3) is 0.861. The van der Waals surface area contributed by atoms with Gasteiger partial charge in [-0.1, -0.05) is 68.7 Å². The van der Waals surface area contributed by atoms with Crippen LogP contribution in [0, 0.1) is 22.2 Å². The van der Waals surface area contributed by atoms with Gasteiger partial charge < -0.3 is 36.0 Å². The fourth-order valence-electron chi connectivity index (χ4n) is 6.68. The molecule has 2 aliphatic heterocycles. The van der Waals surface area contributed by atoms with Crippen molar-refractivity contribution in [1.82, 2.24) is 34.8 Å². The average Bonchev–Trinajstić information content (AvgIpc) is 3.72. The van der Waals surface area contributed by atoms with Crippen molar-refractivity contribution >= 4 is 39.7 Å². The van der Waals surface area contributed by atoms with E-state index in [-0.39, 0.29) is 51.1 Å². The summed E-state index contributed by atoms with van der Waals surface area (Å²) >= 11 is 0. The van der Waals surface area contributed by atoms with E-state index in [0.717, 1.165) is 21.5 Å². The predicted molar refractivity (Wildman–Crippen MR) is 200 cm³/mol. The monoisotopic (exact) mass is 771 g/mol. The molecular weight excluding hydrogens is 707 g/mol. The molecule has 0 radical (unpaired) electrons. The van der Waals surface area contributed by atoms with Gasteiger partial charge in [0.1, 0.15) is 17.7 Å². The number of nitrogens with zero attached hydrogens (tertiary/aromatic N) is 3. The van der Waals surface area contributed by atoms with Crippen molar-refractivity contribution in [2.24, 2.45) is 22.2 Å². The number of likely N-dealkylation sites (tertiary alicyclic amines) is 1. The summed E-state index contributed by atoms with van der Waals surface area (Å²) in [6, 6.07) is -4.70. The number of carbonyl (C=O) groups is 5. The molecule has 0 unspecified atom stereocenters. The molecular formula is C36H65N7O9S. The number of aliphatic hydroxyl groups is 1. The van der Waals surface area contributed by atoms with E-state index < -0.39 is 85.8 Å². The number of nitrogens with one attached hydrogen (secondary N) is 4. The van der Waals surface area contributed by atoms with Crippen molar-refractivity contribution < 1.29 is 42.2 Å². The Hall–Kier alpha value is -2.86. The Balaban J connectivity index is 1.92. The molecule has 5 N–H and O–H groups in total. The Morgan fingerprint density at radius 3 is 1.96 bits per heavy atom. The van der Waals surface area contributed by atoms with Crippen molar-refractivity contribution in [2.45, 2.75) is 130 Å². The molecule has 2 heterocycles. The van der Waals surface area contributed by atoms with Crippen LogP contribution in [-0.2, 0) is 34.1 Å². The van der Waals surface area contributed by atoms with Gasteiger partial charge in [0.15, 0.2) is 0 Å². The Labute approximate surface area is 316 Å². The lowest BCUT2D eigenvalue weighted by Crippen LogP contribution is -2.63. The number of rotatable bonds is 16. The Morgan fingerprint density at radius 1 is 0.925 bits per heavy atom. The van der Waals surface area contributed by atoms with Gasteiger partial charge in [0.25, 0.3) is 16.1 Å². The van der Waals surface area contributed by atoms with Gasteiger partial charge in [0.2, 0.25) is 17.6 Å². The summed E-state index contributed by atoms with van der Waals surface area (Å²) in [4.78, 5) is 69.9. The molecule has 5 atom stereocenters. The number of ether oxygens (including phenoxy) is 1. The molecule has 3 aliphatic rings. The second kappa shape index (κ2) is 16.5. The molecule has 1 aliphatic carbocycles. The lowest BCUT2D eigenvalue weighted by molar-refractivity contribution is -0.244. The molecule has 0 spiro atoms. The fourth-order valence-corrected chi connectivity index (χ4v) is 7.57. The van der Waals surface area contributed by atoms with E-state index in [4.69, 9.17) is 4.74 Å². The highest BCUT2D eigenvalue weighted by Gasteiger charge is 2.58. The number of urea groups is 1. The smallest absolute Gasteiger partial charge is 0.315 e. The van der Waals surface area contributed by atoms with Crippen LogP contribution >= 0.6 is 0 Å². The first-order valence-electron chi connectivity index (χ1n) is 18.6. The first kappa shape index (κ1) is 44.5. The van der Waals surface area contributed by atoms with Crippen molar-refractivity contribution in [2.75, 3.05) is 47.4 Å². The standard InChI is InChI=1S/C36H65N7O9S/c1-13-14-24(27(44)30(46)37-23-15-16-23)38-29(45)25-17-22(35(8,9)36(49)20-52-21-36)18-43(25)31(47)28(34(5,6)7)40-32(48)39-26(33(2,3)4)19-42(12)53(50,51)41(10)11/h22-26,28,49H,13-21H2,1-12H3,(H,37,46)(H,38,45)(H2,39,40,48)/t22-,24-,25-,26+,28+/m0/s1. The molecule has 16 nitrogen and oxygen atoms in total. The maximum absolute atomic E-state index is 14.7. The van der Waals surface area contributed by atoms with E-state index in [2.05, 4.69) is 21.3 Å². The Morgan fingerprint density at radius 2 is 1.51 bits per heavy atom. The van der Waals surface area contributed by atoms with Crippen LogP contribution in [0.2, 0.25) is 0 Å². The summed E-state index contributed by atoms with van der Waals surface area (Å²) in [6.07, 6.45) is 2.49. The molecule has 2 saturated heterocycles. The summed E-state index contributed by atoms with van der Waals surface area (Å²) in [5.41, 5.74) is -3.41. The Kier molecular flexibility index (Phi) is 13.8. The van der Waals surface area contributed by atoms with Gasteiger partial charge >= 0.3 is 6.03 Å². The number of hydrogen-bond acceptors (Lipinski definition) is 9. The van der Waals surface area contributed by atoms with E-state index in [1.165, 1.54) is 26.0 Å². The van der Waals surface area contributed by atoms with Gasteiger partial charge in [-0.15, -0.1) is 0 Å². The van der Waals surface area contributed by atoms with Gasteiger partial charge in [-0.05, 0) is 42.4 Å². The average molecular weight is 772 g/mol. The zero-order valence-electron chi connectivity index (χ0n) is 33.8. The van der Waals surface area contributed by atoms with Crippen molar-refractivity contribution in [3.63, 3.8) is 0 Å². The van der Waals surface area contributed by atoms with Crippen molar-refractivity contribution in [3.05, 3.63) is 0 Å². The van der Waals surface area contributed by atoms with E-state index in [1.807, 2.05) is 41.5 Å². The summed E-state index contributed by atoms with van der Waals surface area (Å²) in [5, 5.41) is 22.6. The van der Waals surface area contributed by atoms with Crippen LogP contribution in [0.4, 0.5) is 4.79 Å². The molecule has 0 aromatic heterocycles. The molecule has 1 saturated carbocycles. The minimum absolute atomic E-state index is 0.0404. The van der Waals surface area contributed by atoms with Gasteiger partial charge in [0, 0.05) is 51.7 Å². The first-order valence-corrected chi connectivity index (χ1v) is 20.0. The van der Waals surface area contributed by atoms with Gasteiger partial charge in [-0.2, -0.15) is 17.0 Å². The molecule has 0 bridgehead atoms. The normalized spacial score (nSPS) is 22.4. The SMILES string of the molecule is CCC[C@H](NC(=O)[C@@H]1C[C@H](C(C)(C)C2(O)COC2)CN1C(=O)[C@@H](NC(=O)N[C@H](CN(C)S(=O)(=O)N(C)C)C(C)(C)C)C(C)(C)C)C(=O)C(=O)NC1CC1.